The van der Waals surface area contributed by atoms with Crippen molar-refractivity contribution >= 4 is 31.9 Å². The van der Waals surface area contributed by atoms with Crippen LogP contribution in [0.3, 0.4) is 0 Å². The highest BCUT2D eigenvalue weighted by molar-refractivity contribution is 9.11. The van der Waals surface area contributed by atoms with Crippen LogP contribution in [0.15, 0.2) is 21.2 Å². The fraction of sp³-hybridized carbons (Fsp3) is 0.400. The summed E-state index contributed by atoms with van der Waals surface area (Å²) in [5.74, 6) is 1.25. The van der Waals surface area contributed by atoms with E-state index in [0.717, 1.165) is 51.8 Å². The summed E-state index contributed by atoms with van der Waals surface area (Å²) in [5.41, 5.74) is 10.1. The van der Waals surface area contributed by atoms with E-state index in [4.69, 9.17) is 10.7 Å². The zero-order chi connectivity index (χ0) is 15.0. The lowest BCUT2D eigenvalue weighted by molar-refractivity contribution is 0.460. The minimum absolute atomic E-state index is 0.559. The monoisotopic (exact) mass is 410 g/mol. The molecular weight excluding hydrogens is 396 g/mol. The average molecular weight is 412 g/mol. The van der Waals surface area contributed by atoms with Gasteiger partial charge in [0.2, 0.25) is 0 Å². The predicted octanol–water partition coefficient (Wildman–Crippen LogP) is 3.44. The van der Waals surface area contributed by atoms with E-state index in [-0.39, 0.29) is 0 Å². The van der Waals surface area contributed by atoms with Crippen LogP contribution in [0.25, 0.3) is 11.5 Å². The Bertz CT molecular complexity index is 688. The molecule has 2 heterocycles. The highest BCUT2D eigenvalue weighted by Crippen LogP contribution is 2.30. The van der Waals surface area contributed by atoms with Gasteiger partial charge in [-0.3, -0.25) is 4.98 Å². The first-order valence-corrected chi connectivity index (χ1v) is 8.55. The Morgan fingerprint density at radius 1 is 1.33 bits per heavy atom. The molecular formula is C15H16Br2N4. The molecule has 1 aliphatic carbocycles. The SMILES string of the molecule is Cc1nc(-c2ncc(Br)cc2Br)nc2c1CC(CN)CC2. The van der Waals surface area contributed by atoms with Crippen LogP contribution in [0.5, 0.6) is 0 Å². The Balaban J connectivity index is 2.04. The lowest BCUT2D eigenvalue weighted by atomic mass is 9.86. The van der Waals surface area contributed by atoms with E-state index >= 15 is 0 Å². The number of rotatable bonds is 2. The molecule has 21 heavy (non-hydrogen) atoms. The Hall–Kier alpha value is -0.850. The Morgan fingerprint density at radius 3 is 2.86 bits per heavy atom. The van der Waals surface area contributed by atoms with Gasteiger partial charge < -0.3 is 5.73 Å². The van der Waals surface area contributed by atoms with E-state index in [1.54, 1.807) is 6.20 Å². The summed E-state index contributed by atoms with van der Waals surface area (Å²) in [6.45, 7) is 2.79. The minimum atomic E-state index is 0.559. The molecule has 0 saturated heterocycles. The zero-order valence-corrected chi connectivity index (χ0v) is 14.9. The van der Waals surface area contributed by atoms with Gasteiger partial charge in [-0.15, -0.1) is 0 Å². The fourth-order valence-electron chi connectivity index (χ4n) is 2.75. The van der Waals surface area contributed by atoms with E-state index in [0.29, 0.717) is 11.7 Å². The molecule has 0 spiro atoms. The number of halogens is 2. The number of fused-ring (bicyclic) bond motifs is 1. The summed E-state index contributed by atoms with van der Waals surface area (Å²) in [4.78, 5) is 13.8. The third-order valence-corrected chi connectivity index (χ3v) is 4.97. The number of hydrogen-bond acceptors (Lipinski definition) is 4. The number of aryl methyl sites for hydroxylation is 2. The van der Waals surface area contributed by atoms with E-state index < -0.39 is 0 Å². The van der Waals surface area contributed by atoms with Crippen molar-refractivity contribution < 1.29 is 0 Å². The van der Waals surface area contributed by atoms with Crippen molar-refractivity contribution in [2.45, 2.75) is 26.2 Å². The molecule has 0 aromatic carbocycles. The molecule has 1 aliphatic rings. The lowest BCUT2D eigenvalue weighted by Gasteiger charge is -2.24. The van der Waals surface area contributed by atoms with Crippen molar-refractivity contribution in [2.24, 2.45) is 11.7 Å². The van der Waals surface area contributed by atoms with Gasteiger partial charge in [-0.1, -0.05) is 0 Å². The largest absolute Gasteiger partial charge is 0.330 e. The Labute approximate surface area is 140 Å². The van der Waals surface area contributed by atoms with Crippen molar-refractivity contribution in [3.8, 4) is 11.5 Å². The maximum Gasteiger partial charge on any atom is 0.179 e. The Morgan fingerprint density at radius 2 is 2.14 bits per heavy atom. The molecule has 2 aromatic rings. The van der Waals surface area contributed by atoms with Gasteiger partial charge in [-0.2, -0.15) is 0 Å². The highest BCUT2D eigenvalue weighted by atomic mass is 79.9. The first-order valence-electron chi connectivity index (χ1n) is 6.96. The summed E-state index contributed by atoms with van der Waals surface area (Å²) in [5, 5.41) is 0. The van der Waals surface area contributed by atoms with Crippen molar-refractivity contribution in [1.29, 1.82) is 0 Å². The van der Waals surface area contributed by atoms with Crippen LogP contribution in [0.1, 0.15) is 23.4 Å². The van der Waals surface area contributed by atoms with Gasteiger partial charge in [-0.25, -0.2) is 9.97 Å². The molecule has 1 atom stereocenters. The standard InChI is InChI=1S/C15H16Br2N4/c1-8-11-4-9(6-18)2-3-13(11)21-15(20-8)14-12(17)5-10(16)7-19-14/h5,7,9H,2-4,6,18H2,1H3. The van der Waals surface area contributed by atoms with E-state index in [1.165, 1.54) is 5.56 Å². The zero-order valence-electron chi connectivity index (χ0n) is 11.7. The van der Waals surface area contributed by atoms with Crippen LogP contribution >= 0.6 is 31.9 Å². The number of pyridine rings is 1. The molecule has 3 rings (SSSR count). The normalized spacial score (nSPS) is 17.6. The predicted molar refractivity (Wildman–Crippen MR) is 90.0 cm³/mol. The lowest BCUT2D eigenvalue weighted by Crippen LogP contribution is -2.24. The molecule has 2 N–H and O–H groups in total. The van der Waals surface area contributed by atoms with Crippen LogP contribution in [0, 0.1) is 12.8 Å². The molecule has 4 nitrogen and oxygen atoms in total. The maximum absolute atomic E-state index is 5.80. The van der Waals surface area contributed by atoms with Crippen molar-refractivity contribution in [2.75, 3.05) is 6.54 Å². The second-order valence-corrected chi connectivity index (χ2v) is 7.16. The van der Waals surface area contributed by atoms with Crippen LogP contribution in [0.4, 0.5) is 0 Å². The van der Waals surface area contributed by atoms with Gasteiger partial charge in [-0.05, 0) is 82.1 Å². The van der Waals surface area contributed by atoms with Crippen molar-refractivity contribution in [3.05, 3.63) is 38.2 Å². The molecule has 0 saturated carbocycles. The number of nitrogens with zero attached hydrogens (tertiary/aromatic N) is 3. The number of nitrogens with two attached hydrogens (primary N) is 1. The Kier molecular flexibility index (Phi) is 4.38. The summed E-state index contributed by atoms with van der Waals surface area (Å²) < 4.78 is 1.82. The molecule has 2 aromatic heterocycles. The first kappa shape index (κ1) is 15.1. The summed E-state index contributed by atoms with van der Waals surface area (Å²) >= 11 is 6.95. The fourth-order valence-corrected chi connectivity index (χ4v) is 3.91. The molecule has 0 fully saturated rings. The summed E-state index contributed by atoms with van der Waals surface area (Å²) in [7, 11) is 0. The van der Waals surface area contributed by atoms with Crippen LogP contribution in [0.2, 0.25) is 0 Å². The van der Waals surface area contributed by atoms with Gasteiger partial charge >= 0.3 is 0 Å². The van der Waals surface area contributed by atoms with Crippen molar-refractivity contribution in [3.63, 3.8) is 0 Å². The van der Waals surface area contributed by atoms with Crippen LogP contribution in [-0.2, 0) is 12.8 Å². The van der Waals surface area contributed by atoms with Crippen LogP contribution in [-0.4, -0.2) is 21.5 Å². The van der Waals surface area contributed by atoms with E-state index in [9.17, 15) is 0 Å². The molecule has 6 heteroatoms. The molecule has 110 valence electrons. The van der Waals surface area contributed by atoms with Gasteiger partial charge in [0.15, 0.2) is 5.82 Å². The molecule has 0 radical (unpaired) electrons. The third-order valence-electron chi connectivity index (χ3n) is 3.93. The molecule has 0 amide bonds. The van der Waals surface area contributed by atoms with E-state index in [1.807, 2.05) is 6.07 Å². The smallest absolute Gasteiger partial charge is 0.179 e. The van der Waals surface area contributed by atoms with Gasteiger partial charge in [0.1, 0.15) is 5.69 Å². The minimum Gasteiger partial charge on any atom is -0.330 e. The maximum atomic E-state index is 5.80. The third kappa shape index (κ3) is 3.03. The second kappa shape index (κ2) is 6.10. The van der Waals surface area contributed by atoms with Gasteiger partial charge in [0, 0.05) is 26.5 Å². The first-order chi connectivity index (χ1) is 10.1. The number of hydrogen-bond donors (Lipinski definition) is 1. The van der Waals surface area contributed by atoms with Gasteiger partial charge in [0.05, 0.1) is 0 Å². The topological polar surface area (TPSA) is 64.7 Å². The van der Waals surface area contributed by atoms with Crippen molar-refractivity contribution in [1.82, 2.24) is 15.0 Å². The quantitative estimate of drug-likeness (QED) is 0.821. The van der Waals surface area contributed by atoms with Crippen LogP contribution < -0.4 is 5.73 Å². The van der Waals surface area contributed by atoms with Gasteiger partial charge in [0.25, 0.3) is 0 Å². The second-order valence-electron chi connectivity index (χ2n) is 5.39. The highest BCUT2D eigenvalue weighted by Gasteiger charge is 2.22. The van der Waals surface area contributed by atoms with E-state index in [2.05, 4.69) is 48.8 Å². The summed E-state index contributed by atoms with van der Waals surface area (Å²) in [6.07, 6.45) is 4.84. The molecule has 1 unspecified atom stereocenters. The average Bonchev–Trinajstić information content (AvgIpc) is 2.47. The molecule has 0 bridgehead atoms. The number of aromatic nitrogens is 3. The molecule has 0 aliphatic heterocycles. The summed E-state index contributed by atoms with van der Waals surface area (Å²) in [6, 6.07) is 1.96.